The van der Waals surface area contributed by atoms with Gasteiger partial charge in [0.1, 0.15) is 0 Å². The topological polar surface area (TPSA) is 33.2 Å². The molecule has 0 aliphatic carbocycles. The number of carbonyl (C=O) groups is 1. The van der Waals surface area contributed by atoms with Crippen LogP contribution in [0.15, 0.2) is 60.8 Å². The first-order chi connectivity index (χ1) is 12.7. The van der Waals surface area contributed by atoms with Gasteiger partial charge in [0.05, 0.1) is 5.52 Å². The van der Waals surface area contributed by atoms with Gasteiger partial charge >= 0.3 is 0 Å². The van der Waals surface area contributed by atoms with Crippen LogP contribution in [0.1, 0.15) is 28.8 Å². The number of aromatic nitrogens is 1. The monoisotopic (exact) mass is 364 g/mol. The molecule has 4 rings (SSSR count). The number of likely N-dealkylation sites (tertiary alicyclic amines) is 1. The highest BCUT2D eigenvalue weighted by Crippen LogP contribution is 2.24. The van der Waals surface area contributed by atoms with E-state index in [2.05, 4.69) is 34.1 Å². The summed E-state index contributed by atoms with van der Waals surface area (Å²) in [6.45, 7) is 2.72. The minimum atomic E-state index is 0.0621. The molecule has 0 saturated carbocycles. The largest absolute Gasteiger partial charge is 0.298 e. The summed E-state index contributed by atoms with van der Waals surface area (Å²) in [5.41, 5.74) is 3.05. The first-order valence-corrected chi connectivity index (χ1v) is 9.43. The van der Waals surface area contributed by atoms with E-state index in [1.807, 2.05) is 24.4 Å². The molecule has 4 heteroatoms. The van der Waals surface area contributed by atoms with Crippen LogP contribution in [0.25, 0.3) is 10.9 Å². The Morgan fingerprint density at radius 3 is 2.85 bits per heavy atom. The van der Waals surface area contributed by atoms with Crippen LogP contribution in [0.2, 0.25) is 5.02 Å². The van der Waals surface area contributed by atoms with Gasteiger partial charge in [-0.25, -0.2) is 0 Å². The molecule has 0 bridgehead atoms. The number of nitrogens with zero attached hydrogens (tertiary/aromatic N) is 2. The van der Waals surface area contributed by atoms with Gasteiger partial charge in [0, 0.05) is 41.2 Å². The molecule has 3 nitrogen and oxygen atoms in total. The van der Waals surface area contributed by atoms with Crippen LogP contribution in [0, 0.1) is 5.92 Å². The van der Waals surface area contributed by atoms with Gasteiger partial charge in [-0.05, 0) is 67.4 Å². The zero-order valence-corrected chi connectivity index (χ0v) is 15.3. The highest BCUT2D eigenvalue weighted by molar-refractivity contribution is 6.30. The van der Waals surface area contributed by atoms with Crippen LogP contribution in [0.3, 0.4) is 0 Å². The second kappa shape index (κ2) is 7.56. The maximum Gasteiger partial charge on any atom is 0.167 e. The van der Waals surface area contributed by atoms with E-state index in [4.69, 9.17) is 11.6 Å². The molecule has 0 spiro atoms. The fourth-order valence-corrected chi connectivity index (χ4v) is 3.87. The lowest BCUT2D eigenvalue weighted by molar-refractivity contribution is 0.0811. The van der Waals surface area contributed by atoms with Crippen LogP contribution >= 0.6 is 11.6 Å². The van der Waals surface area contributed by atoms with Crippen molar-refractivity contribution < 1.29 is 4.79 Å². The number of pyridine rings is 1. The minimum absolute atomic E-state index is 0.0621. The summed E-state index contributed by atoms with van der Waals surface area (Å²) >= 11 is 5.93. The number of hydrogen-bond acceptors (Lipinski definition) is 3. The summed E-state index contributed by atoms with van der Waals surface area (Å²) in [6, 6.07) is 17.7. The molecule has 1 aromatic heterocycles. The third kappa shape index (κ3) is 3.79. The van der Waals surface area contributed by atoms with Crippen LogP contribution in [-0.4, -0.2) is 28.8 Å². The first kappa shape index (κ1) is 17.2. The Kier molecular flexibility index (Phi) is 5.00. The van der Waals surface area contributed by atoms with Crippen molar-refractivity contribution in [3.63, 3.8) is 0 Å². The predicted molar refractivity (Wildman–Crippen MR) is 106 cm³/mol. The number of hydrogen-bond donors (Lipinski definition) is 0. The standard InChI is InChI=1S/C22H21ClN2O/c23-20-8-6-17(7-9-20)22(26)19-4-2-12-25(15-19)14-16-5-10-21-18(13-16)3-1-11-24-21/h1,3,5-11,13,19H,2,4,12,14-15H2/t19-/m0/s1. The second-order valence-electron chi connectivity index (χ2n) is 6.98. The highest BCUT2D eigenvalue weighted by atomic mass is 35.5. The van der Waals surface area contributed by atoms with Gasteiger partial charge in [-0.3, -0.25) is 14.7 Å². The molecule has 2 heterocycles. The van der Waals surface area contributed by atoms with Crippen molar-refractivity contribution in [1.29, 1.82) is 0 Å². The Bertz CT molecular complexity index is 923. The van der Waals surface area contributed by atoms with Crippen molar-refractivity contribution in [3.05, 3.63) is 76.9 Å². The molecule has 26 heavy (non-hydrogen) atoms. The summed E-state index contributed by atoms with van der Waals surface area (Å²) < 4.78 is 0. The predicted octanol–water partition coefficient (Wildman–Crippen LogP) is 4.98. The lowest BCUT2D eigenvalue weighted by Crippen LogP contribution is -2.38. The van der Waals surface area contributed by atoms with Gasteiger partial charge in [-0.15, -0.1) is 0 Å². The molecule has 0 unspecified atom stereocenters. The number of carbonyl (C=O) groups excluding carboxylic acids is 1. The normalized spacial score (nSPS) is 18.1. The Balaban J connectivity index is 1.45. The third-order valence-corrected chi connectivity index (χ3v) is 5.33. The van der Waals surface area contributed by atoms with E-state index < -0.39 is 0 Å². The summed E-state index contributed by atoms with van der Waals surface area (Å²) in [5.74, 6) is 0.293. The highest BCUT2D eigenvalue weighted by Gasteiger charge is 2.26. The van der Waals surface area contributed by atoms with Crippen molar-refractivity contribution in [2.45, 2.75) is 19.4 Å². The van der Waals surface area contributed by atoms with Crippen LogP contribution in [-0.2, 0) is 6.54 Å². The van der Waals surface area contributed by atoms with Crippen molar-refractivity contribution >= 4 is 28.3 Å². The zero-order chi connectivity index (χ0) is 17.9. The molecular weight excluding hydrogens is 344 g/mol. The SMILES string of the molecule is O=C(c1ccc(Cl)cc1)[C@H]1CCCN(Cc2ccc3ncccc3c2)C1. The molecule has 0 radical (unpaired) electrons. The van der Waals surface area contributed by atoms with Crippen molar-refractivity contribution in [1.82, 2.24) is 9.88 Å². The van der Waals surface area contributed by atoms with E-state index in [-0.39, 0.29) is 11.7 Å². The molecule has 0 amide bonds. The maximum atomic E-state index is 12.8. The Morgan fingerprint density at radius 2 is 2.00 bits per heavy atom. The molecule has 2 aromatic carbocycles. The van der Waals surface area contributed by atoms with E-state index in [0.717, 1.165) is 48.9 Å². The van der Waals surface area contributed by atoms with E-state index in [9.17, 15) is 4.79 Å². The van der Waals surface area contributed by atoms with Crippen molar-refractivity contribution in [2.75, 3.05) is 13.1 Å². The second-order valence-corrected chi connectivity index (χ2v) is 7.41. The van der Waals surface area contributed by atoms with Gasteiger partial charge in [0.2, 0.25) is 0 Å². The molecule has 0 N–H and O–H groups in total. The fraction of sp³-hybridized carbons (Fsp3) is 0.273. The molecule has 1 saturated heterocycles. The molecule has 1 aliphatic heterocycles. The molecule has 3 aromatic rings. The number of Topliss-reactive ketones (excluding diaryl/α,β-unsaturated/α-hetero) is 1. The first-order valence-electron chi connectivity index (χ1n) is 9.05. The zero-order valence-electron chi connectivity index (χ0n) is 14.6. The molecule has 132 valence electrons. The molecular formula is C22H21ClN2O. The number of halogens is 1. The summed E-state index contributed by atoms with van der Waals surface area (Å²) in [4.78, 5) is 19.6. The quantitative estimate of drug-likeness (QED) is 0.612. The summed E-state index contributed by atoms with van der Waals surface area (Å²) in [7, 11) is 0. The third-order valence-electron chi connectivity index (χ3n) is 5.08. The summed E-state index contributed by atoms with van der Waals surface area (Å²) in [5, 5.41) is 1.83. The van der Waals surface area contributed by atoms with Gasteiger partial charge in [-0.1, -0.05) is 23.7 Å². The molecule has 1 fully saturated rings. The average molecular weight is 365 g/mol. The van der Waals surface area contributed by atoms with E-state index in [0.29, 0.717) is 5.02 Å². The Hall–Kier alpha value is -2.23. The minimum Gasteiger partial charge on any atom is -0.298 e. The lowest BCUT2D eigenvalue weighted by atomic mass is 9.90. The van der Waals surface area contributed by atoms with E-state index >= 15 is 0 Å². The maximum absolute atomic E-state index is 12.8. The smallest absolute Gasteiger partial charge is 0.167 e. The molecule has 1 atom stereocenters. The Labute approximate surface area is 158 Å². The Morgan fingerprint density at radius 1 is 1.15 bits per heavy atom. The van der Waals surface area contributed by atoms with Crippen LogP contribution < -0.4 is 0 Å². The van der Waals surface area contributed by atoms with Gasteiger partial charge in [-0.2, -0.15) is 0 Å². The number of ketones is 1. The van der Waals surface area contributed by atoms with Crippen molar-refractivity contribution in [3.8, 4) is 0 Å². The van der Waals surface area contributed by atoms with Gasteiger partial charge < -0.3 is 0 Å². The van der Waals surface area contributed by atoms with Crippen LogP contribution in [0.4, 0.5) is 0 Å². The fourth-order valence-electron chi connectivity index (χ4n) is 3.74. The van der Waals surface area contributed by atoms with Gasteiger partial charge in [0.25, 0.3) is 0 Å². The lowest BCUT2D eigenvalue weighted by Gasteiger charge is -2.32. The number of piperidine rings is 1. The van der Waals surface area contributed by atoms with Crippen LogP contribution in [0.5, 0.6) is 0 Å². The van der Waals surface area contributed by atoms with Crippen molar-refractivity contribution in [2.24, 2.45) is 5.92 Å². The number of fused-ring (bicyclic) bond motifs is 1. The summed E-state index contributed by atoms with van der Waals surface area (Å²) in [6.07, 6.45) is 3.83. The van der Waals surface area contributed by atoms with Gasteiger partial charge in [0.15, 0.2) is 5.78 Å². The number of benzene rings is 2. The molecule has 1 aliphatic rings. The van der Waals surface area contributed by atoms with E-state index in [1.54, 1.807) is 12.1 Å². The number of rotatable bonds is 4. The average Bonchev–Trinajstić information content (AvgIpc) is 2.68. The van der Waals surface area contributed by atoms with E-state index in [1.165, 1.54) is 5.56 Å².